The Morgan fingerprint density at radius 3 is 2.49 bits per heavy atom. The normalized spacial score (nSPS) is 37.7. The van der Waals surface area contributed by atoms with Crippen molar-refractivity contribution in [2.24, 2.45) is 11.3 Å². The number of rotatable bonds is 3. The first kappa shape index (κ1) is 24.7. The summed E-state index contributed by atoms with van der Waals surface area (Å²) in [6.45, 7) is 13.6. The predicted octanol–water partition coefficient (Wildman–Crippen LogP) is 4.35. The molecule has 4 aliphatic rings. The average molecular weight is 486 g/mol. The lowest BCUT2D eigenvalue weighted by Gasteiger charge is -2.61. The number of hydrogen-bond acceptors (Lipinski definition) is 6. The quantitative estimate of drug-likeness (QED) is 0.587. The van der Waals surface area contributed by atoms with Gasteiger partial charge in [-0.1, -0.05) is 20.8 Å². The van der Waals surface area contributed by atoms with E-state index < -0.39 is 28.6 Å². The summed E-state index contributed by atoms with van der Waals surface area (Å²) in [6, 6.07) is 0. The van der Waals surface area contributed by atoms with Crippen molar-refractivity contribution in [3.63, 3.8) is 0 Å². The van der Waals surface area contributed by atoms with Crippen LogP contribution in [0.15, 0.2) is 11.3 Å². The molecule has 192 valence electrons. The summed E-state index contributed by atoms with van der Waals surface area (Å²) in [6.07, 6.45) is 1.92. The van der Waals surface area contributed by atoms with Crippen molar-refractivity contribution in [2.45, 2.75) is 116 Å². The molecule has 0 bridgehead atoms. The molecule has 0 amide bonds. The second-order valence-electron chi connectivity index (χ2n) is 12.3. The van der Waals surface area contributed by atoms with Crippen LogP contribution in [0.4, 0.5) is 0 Å². The zero-order chi connectivity index (χ0) is 25.7. The van der Waals surface area contributed by atoms with Crippen LogP contribution in [0.3, 0.4) is 0 Å². The van der Waals surface area contributed by atoms with Crippen molar-refractivity contribution in [1.29, 1.82) is 0 Å². The minimum absolute atomic E-state index is 0.0136. The van der Waals surface area contributed by atoms with Gasteiger partial charge in [-0.2, -0.15) is 0 Å². The van der Waals surface area contributed by atoms with E-state index in [2.05, 4.69) is 25.8 Å². The maximum absolute atomic E-state index is 13.8. The molecule has 5 rings (SSSR count). The van der Waals surface area contributed by atoms with Gasteiger partial charge in [-0.05, 0) is 71.3 Å². The molecule has 7 nitrogen and oxygen atoms in total. The van der Waals surface area contributed by atoms with Crippen LogP contribution in [0, 0.1) is 18.3 Å². The van der Waals surface area contributed by atoms with E-state index in [0.717, 1.165) is 24.1 Å². The Bertz CT molecular complexity index is 1130. The van der Waals surface area contributed by atoms with E-state index in [9.17, 15) is 19.8 Å². The fourth-order valence-corrected chi connectivity index (χ4v) is 7.39. The van der Waals surface area contributed by atoms with E-state index in [1.54, 1.807) is 13.8 Å². The molecule has 7 atom stereocenters. The number of allylic oxidation sites excluding steroid dienone is 1. The third-order valence-corrected chi connectivity index (χ3v) is 9.56. The molecule has 1 aromatic rings. The number of ketones is 2. The minimum Gasteiger partial charge on any atom is -0.482 e. The van der Waals surface area contributed by atoms with Crippen LogP contribution in [0.5, 0.6) is 0 Å². The number of aromatic nitrogens is 1. The summed E-state index contributed by atoms with van der Waals surface area (Å²) in [5, 5.41) is 22.4. The molecule has 2 fully saturated rings. The second-order valence-corrected chi connectivity index (χ2v) is 12.3. The van der Waals surface area contributed by atoms with Crippen molar-refractivity contribution in [3.8, 4) is 0 Å². The van der Waals surface area contributed by atoms with Gasteiger partial charge in [0.2, 0.25) is 11.6 Å². The lowest BCUT2D eigenvalue weighted by Crippen LogP contribution is -2.66. The molecular weight excluding hydrogens is 446 g/mol. The van der Waals surface area contributed by atoms with E-state index in [1.807, 2.05) is 13.8 Å². The van der Waals surface area contributed by atoms with E-state index in [4.69, 9.17) is 9.47 Å². The number of H-pyrrole nitrogens is 1. The molecule has 2 aliphatic carbocycles. The third kappa shape index (κ3) is 3.34. The molecule has 0 spiro atoms. The van der Waals surface area contributed by atoms with E-state index in [0.29, 0.717) is 24.8 Å². The average Bonchev–Trinajstić information content (AvgIpc) is 3.12. The zero-order valence-corrected chi connectivity index (χ0v) is 21.9. The van der Waals surface area contributed by atoms with Gasteiger partial charge in [-0.25, -0.2) is 0 Å². The summed E-state index contributed by atoms with van der Waals surface area (Å²) in [4.78, 5) is 30.7. The molecule has 1 saturated heterocycles. The van der Waals surface area contributed by atoms with E-state index in [-0.39, 0.29) is 46.7 Å². The number of aliphatic hydroxyl groups excluding tert-OH is 1. The molecule has 7 heteroatoms. The van der Waals surface area contributed by atoms with Gasteiger partial charge in [0.25, 0.3) is 0 Å². The van der Waals surface area contributed by atoms with Gasteiger partial charge in [0.1, 0.15) is 5.60 Å². The first-order valence-corrected chi connectivity index (χ1v) is 13.1. The Morgan fingerprint density at radius 2 is 1.86 bits per heavy atom. The molecule has 35 heavy (non-hydrogen) atoms. The molecule has 0 unspecified atom stereocenters. The van der Waals surface area contributed by atoms with Gasteiger partial charge in [0.15, 0.2) is 5.76 Å². The van der Waals surface area contributed by atoms with Crippen molar-refractivity contribution < 1.29 is 29.3 Å². The Kier molecular flexibility index (Phi) is 5.49. The van der Waals surface area contributed by atoms with Gasteiger partial charge in [0.05, 0.1) is 40.7 Å². The number of Topliss-reactive ketones (excluding diaryl/α,β-unsaturated/α-hetero) is 2. The van der Waals surface area contributed by atoms with Crippen LogP contribution in [-0.2, 0) is 9.47 Å². The number of carbonyl (C=O) groups is 2. The fourth-order valence-electron chi connectivity index (χ4n) is 7.39. The van der Waals surface area contributed by atoms with E-state index in [1.165, 1.54) is 0 Å². The monoisotopic (exact) mass is 485 g/mol. The number of fused-ring (bicyclic) bond motifs is 4. The zero-order valence-electron chi connectivity index (χ0n) is 21.9. The van der Waals surface area contributed by atoms with Crippen LogP contribution < -0.4 is 0 Å². The highest BCUT2D eigenvalue weighted by Crippen LogP contribution is 2.60. The maximum atomic E-state index is 13.8. The van der Waals surface area contributed by atoms with Gasteiger partial charge >= 0.3 is 0 Å². The Morgan fingerprint density at radius 1 is 1.17 bits per heavy atom. The third-order valence-electron chi connectivity index (χ3n) is 9.56. The molecule has 0 radical (unpaired) electrons. The van der Waals surface area contributed by atoms with Gasteiger partial charge < -0.3 is 24.7 Å². The number of ether oxygens (including phenoxy) is 2. The highest BCUT2D eigenvalue weighted by molar-refractivity contribution is 6.26. The summed E-state index contributed by atoms with van der Waals surface area (Å²) in [7, 11) is 0. The Balaban J connectivity index is 1.56. The van der Waals surface area contributed by atoms with Crippen molar-refractivity contribution in [2.75, 3.05) is 0 Å². The molecule has 3 heterocycles. The Labute approximate surface area is 207 Å². The number of aliphatic hydroxyl groups is 2. The highest BCUT2D eigenvalue weighted by atomic mass is 16.5. The molecule has 1 saturated carbocycles. The van der Waals surface area contributed by atoms with Crippen LogP contribution in [0.25, 0.3) is 0 Å². The fraction of sp³-hybridized carbons (Fsp3) is 0.714. The van der Waals surface area contributed by atoms with E-state index >= 15 is 0 Å². The first-order chi connectivity index (χ1) is 16.2. The number of carbonyl (C=O) groups excluding carboxylic acids is 2. The molecule has 0 aromatic carbocycles. The van der Waals surface area contributed by atoms with Crippen LogP contribution in [0.1, 0.15) is 112 Å². The number of nitrogens with one attached hydrogen (secondary N) is 1. The van der Waals surface area contributed by atoms with Crippen molar-refractivity contribution >= 4 is 11.6 Å². The molecular formula is C28H39NO6. The number of aromatic amines is 1. The van der Waals surface area contributed by atoms with Gasteiger partial charge in [-0.3, -0.25) is 9.59 Å². The lowest BCUT2D eigenvalue weighted by molar-refractivity contribution is -0.259. The van der Waals surface area contributed by atoms with Crippen molar-refractivity contribution in [3.05, 3.63) is 33.8 Å². The second kappa shape index (κ2) is 7.77. The van der Waals surface area contributed by atoms with Crippen LogP contribution >= 0.6 is 0 Å². The van der Waals surface area contributed by atoms with Gasteiger partial charge in [0, 0.05) is 17.0 Å². The smallest absolute Gasteiger partial charge is 0.230 e. The first-order valence-electron chi connectivity index (χ1n) is 13.1. The van der Waals surface area contributed by atoms with Crippen molar-refractivity contribution in [1.82, 2.24) is 4.98 Å². The standard InChI is InChI=1S/C28H39NO6/c1-8-13(2)19-14(3)17-20(29-19)21(30)18-23(32)25-27(6)11-9-15(26(4,5)33)34-16(27)10-12-28(25,7)35-24(18)22(17)31/h13,15-16,23,25,29,32-33H,8-12H2,1-7H3/t13-,15+,16+,23+,25+,27-,28+/m0/s1. The molecule has 2 aliphatic heterocycles. The molecule has 1 aromatic heterocycles. The Hall–Kier alpha value is -1.96. The SMILES string of the molecule is CC[C@H](C)c1[nH]c2c(c1C)C(=O)C1=C(C2=O)[C@@H](O)[C@@H]2[C@@]3(C)CC[C@H](C(C)(C)O)O[C@@H]3CC[C@@]2(C)O1. The summed E-state index contributed by atoms with van der Waals surface area (Å²) in [5.74, 6) is -0.894. The molecule has 3 N–H and O–H groups in total. The van der Waals surface area contributed by atoms with Crippen LogP contribution in [0.2, 0.25) is 0 Å². The summed E-state index contributed by atoms with van der Waals surface area (Å²) < 4.78 is 12.9. The van der Waals surface area contributed by atoms with Crippen LogP contribution in [-0.4, -0.2) is 56.3 Å². The minimum atomic E-state index is -1.14. The highest BCUT2D eigenvalue weighted by Gasteiger charge is 2.64. The largest absolute Gasteiger partial charge is 0.482 e. The number of hydrogen-bond donors (Lipinski definition) is 3. The predicted molar refractivity (Wildman–Crippen MR) is 130 cm³/mol. The topological polar surface area (TPSA) is 109 Å². The maximum Gasteiger partial charge on any atom is 0.230 e. The summed E-state index contributed by atoms with van der Waals surface area (Å²) >= 11 is 0. The lowest BCUT2D eigenvalue weighted by atomic mass is 9.52. The van der Waals surface area contributed by atoms with Gasteiger partial charge in [-0.15, -0.1) is 0 Å². The summed E-state index contributed by atoms with van der Waals surface area (Å²) in [5.41, 5.74) is 0.185.